The minimum Gasteiger partial charge on any atom is -0.756 e. The van der Waals surface area contributed by atoms with E-state index in [0.717, 1.165) is 38.5 Å². The van der Waals surface area contributed by atoms with Gasteiger partial charge in [0.1, 0.15) is 13.2 Å². The molecule has 0 aromatic rings. The number of quaternary nitrogens is 1. The fourth-order valence-electron chi connectivity index (χ4n) is 11.4. The summed E-state index contributed by atoms with van der Waals surface area (Å²) >= 11 is 0. The topological polar surface area (TPSA) is 108 Å². The lowest BCUT2D eigenvalue weighted by Crippen LogP contribution is -2.46. The van der Waals surface area contributed by atoms with Gasteiger partial charge >= 0.3 is 0 Å². The van der Waals surface area contributed by atoms with E-state index in [9.17, 15) is 19.4 Å². The summed E-state index contributed by atoms with van der Waals surface area (Å²) in [5, 5.41) is 14.1. The first-order valence-corrected chi connectivity index (χ1v) is 37.5. The summed E-state index contributed by atoms with van der Waals surface area (Å²) < 4.78 is 23.5. The number of unbranched alkanes of at least 4 members (excludes halogenated alkanes) is 53. The predicted molar refractivity (Wildman–Crippen MR) is 349 cm³/mol. The summed E-state index contributed by atoms with van der Waals surface area (Å²) in [5.74, 6) is -0.154. The highest BCUT2D eigenvalue weighted by Gasteiger charge is 2.24. The Morgan fingerprint density at radius 2 is 0.688 bits per heavy atom. The zero-order valence-electron chi connectivity index (χ0n) is 54.8. The van der Waals surface area contributed by atoms with Crippen LogP contribution in [0.3, 0.4) is 0 Å². The van der Waals surface area contributed by atoms with Crippen LogP contribution in [-0.2, 0) is 18.4 Å². The van der Waals surface area contributed by atoms with Crippen molar-refractivity contribution in [2.75, 3.05) is 40.9 Å². The molecule has 3 unspecified atom stereocenters. The number of carbonyl (C=O) groups excluding carboxylic acids is 1. The van der Waals surface area contributed by atoms with Crippen LogP contribution >= 0.6 is 7.82 Å². The number of hydrogen-bond acceptors (Lipinski definition) is 6. The lowest BCUT2D eigenvalue weighted by Gasteiger charge is -2.30. The Balaban J connectivity index is 3.94. The molecule has 8 nitrogen and oxygen atoms in total. The second kappa shape index (κ2) is 62.8. The molecule has 0 spiro atoms. The first-order chi connectivity index (χ1) is 39.0. The molecule has 0 bridgehead atoms. The summed E-state index contributed by atoms with van der Waals surface area (Å²) in [6.45, 7) is 4.79. The van der Waals surface area contributed by atoms with Crippen LogP contribution in [0.1, 0.15) is 386 Å². The van der Waals surface area contributed by atoms with Gasteiger partial charge in [-0.2, -0.15) is 0 Å². The second-order valence-electron chi connectivity index (χ2n) is 26.3. The van der Waals surface area contributed by atoms with E-state index < -0.39 is 20.0 Å². The number of allylic oxidation sites excluding steroid dienone is 2. The zero-order valence-corrected chi connectivity index (χ0v) is 55.7. The molecule has 0 aromatic carbocycles. The van der Waals surface area contributed by atoms with E-state index in [0.29, 0.717) is 23.9 Å². The molecule has 478 valence electrons. The van der Waals surface area contributed by atoms with E-state index in [2.05, 4.69) is 31.3 Å². The fourth-order valence-corrected chi connectivity index (χ4v) is 12.1. The molecule has 0 rings (SSSR count). The number of hydrogen-bond donors (Lipinski definition) is 2. The lowest BCUT2D eigenvalue weighted by molar-refractivity contribution is -0.870. The summed E-state index contributed by atoms with van der Waals surface area (Å²) in [6.07, 6.45) is 80.2. The van der Waals surface area contributed by atoms with E-state index in [-0.39, 0.29) is 19.1 Å². The molecule has 0 fully saturated rings. The van der Waals surface area contributed by atoms with Crippen molar-refractivity contribution >= 4 is 13.7 Å². The molecule has 0 saturated carbocycles. The molecule has 3 atom stereocenters. The molecule has 2 N–H and O–H groups in total. The Morgan fingerprint density at radius 3 is 0.975 bits per heavy atom. The summed E-state index contributed by atoms with van der Waals surface area (Å²) in [5.41, 5.74) is 0. The van der Waals surface area contributed by atoms with Crippen molar-refractivity contribution in [3.05, 3.63) is 12.2 Å². The maximum Gasteiger partial charge on any atom is 0.268 e. The maximum absolute atomic E-state index is 13.1. The van der Waals surface area contributed by atoms with E-state index in [1.807, 2.05) is 21.1 Å². The van der Waals surface area contributed by atoms with E-state index in [1.165, 1.54) is 321 Å². The number of carbonyl (C=O) groups is 1. The Kier molecular flexibility index (Phi) is 62.2. The number of aliphatic hydroxyl groups excluding tert-OH is 1. The molecule has 9 heteroatoms. The smallest absolute Gasteiger partial charge is 0.268 e. The van der Waals surface area contributed by atoms with Crippen molar-refractivity contribution in [2.24, 2.45) is 0 Å². The molecule has 0 saturated heterocycles. The van der Waals surface area contributed by atoms with Gasteiger partial charge in [0.05, 0.1) is 39.9 Å². The fraction of sp³-hybridized carbons (Fsp3) is 0.958. The molecule has 0 radical (unpaired) electrons. The quantitative estimate of drug-likeness (QED) is 0.0272. The van der Waals surface area contributed by atoms with Crippen LogP contribution < -0.4 is 10.2 Å². The predicted octanol–water partition coefficient (Wildman–Crippen LogP) is 22.3. The average molecular weight is 1150 g/mol. The molecule has 0 aliphatic carbocycles. The number of nitrogens with zero attached hydrogens (tertiary/aromatic N) is 1. The lowest BCUT2D eigenvalue weighted by atomic mass is 10.0. The third-order valence-corrected chi connectivity index (χ3v) is 18.0. The summed E-state index contributed by atoms with van der Waals surface area (Å²) in [7, 11) is 1.33. The molecule has 80 heavy (non-hydrogen) atoms. The van der Waals surface area contributed by atoms with Crippen LogP contribution in [0.4, 0.5) is 0 Å². The van der Waals surface area contributed by atoms with Gasteiger partial charge in [-0.05, 0) is 38.5 Å². The monoisotopic (exact) mass is 1150 g/mol. The van der Waals surface area contributed by atoms with Crippen LogP contribution in [0.25, 0.3) is 0 Å². The Labute approximate surface area is 501 Å². The highest BCUT2D eigenvalue weighted by molar-refractivity contribution is 7.45. The highest BCUT2D eigenvalue weighted by atomic mass is 31.2. The molecule has 0 aliphatic heterocycles. The molecule has 1 amide bonds. The number of phosphoric ester groups is 1. The molecular formula is C71H143N2O6P. The van der Waals surface area contributed by atoms with Crippen LogP contribution in [0.15, 0.2) is 12.2 Å². The standard InChI is InChI=1S/C71H143N2O6P/c1-6-8-10-12-14-16-18-20-22-24-26-28-30-31-32-33-34-35-36-37-38-39-40-41-43-45-47-49-51-53-55-57-59-61-63-65-71(75)72-69(68-79-80(76,77)78-67-66-73(3,4)5)70(74)64-62-60-58-56-54-52-50-48-46-44-42-29-27-25-23-21-19-17-15-13-11-9-7-2/h24,26,69-70,74H,6-23,25,27-68H2,1-5H3,(H-,72,75,76,77)/b26-24-. The third-order valence-electron chi connectivity index (χ3n) is 17.0. The second-order valence-corrected chi connectivity index (χ2v) is 27.7. The van der Waals surface area contributed by atoms with Gasteiger partial charge in [0.25, 0.3) is 7.82 Å². The molecular weight excluding hydrogens is 1010 g/mol. The summed E-state index contributed by atoms with van der Waals surface area (Å²) in [4.78, 5) is 25.7. The maximum atomic E-state index is 13.1. The van der Waals surface area contributed by atoms with Crippen LogP contribution in [0, 0.1) is 0 Å². The van der Waals surface area contributed by atoms with Crippen molar-refractivity contribution in [3.8, 4) is 0 Å². The number of aliphatic hydroxyl groups is 1. The van der Waals surface area contributed by atoms with Crippen LogP contribution in [-0.4, -0.2) is 68.5 Å². The number of nitrogens with one attached hydrogen (secondary N) is 1. The normalized spacial score (nSPS) is 13.6. The number of likely N-dealkylation sites (N-methyl/N-ethyl adjacent to an activating group) is 1. The van der Waals surface area contributed by atoms with Crippen LogP contribution in [0.2, 0.25) is 0 Å². The van der Waals surface area contributed by atoms with Crippen molar-refractivity contribution in [2.45, 2.75) is 398 Å². The van der Waals surface area contributed by atoms with Crippen molar-refractivity contribution < 1.29 is 32.9 Å². The van der Waals surface area contributed by atoms with Crippen molar-refractivity contribution in [3.63, 3.8) is 0 Å². The molecule has 0 aromatic heterocycles. The van der Waals surface area contributed by atoms with Gasteiger partial charge in [0.15, 0.2) is 0 Å². The summed E-state index contributed by atoms with van der Waals surface area (Å²) in [6, 6.07) is -0.798. The number of phosphoric acid groups is 1. The Morgan fingerprint density at radius 1 is 0.425 bits per heavy atom. The average Bonchev–Trinajstić information content (AvgIpc) is 3.42. The van der Waals surface area contributed by atoms with Crippen LogP contribution in [0.5, 0.6) is 0 Å². The van der Waals surface area contributed by atoms with E-state index in [4.69, 9.17) is 9.05 Å². The highest BCUT2D eigenvalue weighted by Crippen LogP contribution is 2.38. The molecule has 0 heterocycles. The van der Waals surface area contributed by atoms with Gasteiger partial charge in [-0.15, -0.1) is 0 Å². The number of rotatable bonds is 68. The van der Waals surface area contributed by atoms with Gasteiger partial charge in [0, 0.05) is 6.42 Å². The largest absolute Gasteiger partial charge is 0.756 e. The Bertz CT molecular complexity index is 1310. The van der Waals surface area contributed by atoms with Gasteiger partial charge in [-0.1, -0.05) is 353 Å². The zero-order chi connectivity index (χ0) is 58.4. The van der Waals surface area contributed by atoms with E-state index >= 15 is 0 Å². The first kappa shape index (κ1) is 79.2. The SMILES string of the molecule is CCCCCCCCCC/C=C\CCCCCCCCCCCCCCCCCCCCCCCCCC(=O)NC(COP(=O)([O-])OCC[N+](C)(C)C)C(O)CCCCCCCCCCCCCCCCCCCCCCCCC. The van der Waals surface area contributed by atoms with Gasteiger partial charge in [-0.25, -0.2) is 0 Å². The Hall–Kier alpha value is -0.760. The third kappa shape index (κ3) is 64.8. The van der Waals surface area contributed by atoms with Gasteiger partial charge < -0.3 is 28.8 Å². The van der Waals surface area contributed by atoms with Gasteiger partial charge in [-0.3, -0.25) is 9.36 Å². The van der Waals surface area contributed by atoms with Crippen molar-refractivity contribution in [1.82, 2.24) is 5.32 Å². The van der Waals surface area contributed by atoms with Gasteiger partial charge in [0.2, 0.25) is 5.91 Å². The first-order valence-electron chi connectivity index (χ1n) is 36.0. The number of amides is 1. The van der Waals surface area contributed by atoms with Crippen molar-refractivity contribution in [1.29, 1.82) is 0 Å². The van der Waals surface area contributed by atoms with E-state index in [1.54, 1.807) is 0 Å². The minimum absolute atomic E-state index is 0.0161. The minimum atomic E-state index is -4.58. The molecule has 0 aliphatic rings.